The van der Waals surface area contributed by atoms with E-state index in [4.69, 9.17) is 16.3 Å². The molecule has 0 aliphatic rings. The highest BCUT2D eigenvalue weighted by molar-refractivity contribution is 7.89. The molecule has 1 rings (SSSR count). The van der Waals surface area contributed by atoms with Gasteiger partial charge in [0.25, 0.3) is 0 Å². The van der Waals surface area contributed by atoms with Crippen LogP contribution in [0.5, 0.6) is 0 Å². The van der Waals surface area contributed by atoms with Crippen LogP contribution in [0.1, 0.15) is 12.0 Å². The Morgan fingerprint density at radius 3 is 2.68 bits per heavy atom. The number of halogens is 1. The molecule has 0 aliphatic heterocycles. The van der Waals surface area contributed by atoms with E-state index in [0.29, 0.717) is 25.3 Å². The number of sulfonamides is 1. The van der Waals surface area contributed by atoms with E-state index >= 15 is 0 Å². The molecule has 1 heterocycles. The Balaban J connectivity index is 2.50. The van der Waals surface area contributed by atoms with Crippen LogP contribution in [0.15, 0.2) is 24.5 Å². The highest BCUT2D eigenvalue weighted by Crippen LogP contribution is 2.03. The fraction of sp³-hybridized carbons (Fsp3) is 0.583. The van der Waals surface area contributed by atoms with E-state index in [9.17, 15) is 8.42 Å². The summed E-state index contributed by atoms with van der Waals surface area (Å²) >= 11 is 5.64. The van der Waals surface area contributed by atoms with Crippen molar-refractivity contribution in [3.05, 3.63) is 30.1 Å². The molecule has 5 nitrogen and oxygen atoms in total. The summed E-state index contributed by atoms with van der Waals surface area (Å²) in [7, 11) is -1.80. The number of alkyl halides is 1. The fourth-order valence-corrected chi connectivity index (χ4v) is 3.20. The molecular formula is C12H19ClN2O3S. The standard InChI is InChI=1S/C12H19ClN2O3S/c1-18-10-12(2-6-13)15-19(16,17)9-5-11-3-7-14-8-4-11/h3-4,7-8,12,15H,2,5-6,9-10H2,1H3. The number of pyridine rings is 1. The van der Waals surface area contributed by atoms with Crippen LogP contribution in [-0.2, 0) is 21.2 Å². The molecule has 1 N–H and O–H groups in total. The minimum Gasteiger partial charge on any atom is -0.383 e. The lowest BCUT2D eigenvalue weighted by molar-refractivity contribution is 0.173. The summed E-state index contributed by atoms with van der Waals surface area (Å²) in [5, 5.41) is 0. The molecule has 108 valence electrons. The molecule has 0 bridgehead atoms. The number of hydrogen-bond donors (Lipinski definition) is 1. The van der Waals surface area contributed by atoms with Gasteiger partial charge in [-0.25, -0.2) is 13.1 Å². The molecule has 0 amide bonds. The van der Waals surface area contributed by atoms with Gasteiger partial charge in [-0.15, -0.1) is 11.6 Å². The normalized spacial score (nSPS) is 13.4. The molecule has 1 unspecified atom stereocenters. The number of nitrogens with zero attached hydrogens (tertiary/aromatic N) is 1. The molecule has 0 spiro atoms. The minimum atomic E-state index is -3.33. The Kier molecular flexibility index (Phi) is 7.30. The smallest absolute Gasteiger partial charge is 0.212 e. The van der Waals surface area contributed by atoms with E-state index in [1.807, 2.05) is 0 Å². The Morgan fingerprint density at radius 2 is 2.11 bits per heavy atom. The SMILES string of the molecule is COCC(CCCl)NS(=O)(=O)CCc1ccncc1. The number of ether oxygens (including phenoxy) is 1. The van der Waals surface area contributed by atoms with Gasteiger partial charge in [0, 0.05) is 31.4 Å². The molecule has 0 saturated carbocycles. The topological polar surface area (TPSA) is 68.3 Å². The Morgan fingerprint density at radius 1 is 1.42 bits per heavy atom. The number of methoxy groups -OCH3 is 1. The molecule has 19 heavy (non-hydrogen) atoms. The van der Waals surface area contributed by atoms with Gasteiger partial charge in [-0.1, -0.05) is 0 Å². The highest BCUT2D eigenvalue weighted by atomic mass is 35.5. The highest BCUT2D eigenvalue weighted by Gasteiger charge is 2.17. The lowest BCUT2D eigenvalue weighted by Gasteiger charge is -2.16. The molecule has 1 aromatic heterocycles. The van der Waals surface area contributed by atoms with Gasteiger partial charge in [-0.2, -0.15) is 0 Å². The lowest BCUT2D eigenvalue weighted by Crippen LogP contribution is -2.39. The molecule has 0 radical (unpaired) electrons. The first-order valence-electron chi connectivity index (χ1n) is 6.01. The number of nitrogens with one attached hydrogen (secondary N) is 1. The Bertz CT molecular complexity index is 447. The van der Waals surface area contributed by atoms with Crippen LogP contribution in [0.4, 0.5) is 0 Å². The second-order valence-corrected chi connectivity index (χ2v) is 6.42. The third-order valence-corrected chi connectivity index (χ3v) is 4.23. The van der Waals surface area contributed by atoms with Gasteiger partial charge in [0.15, 0.2) is 0 Å². The zero-order chi connectivity index (χ0) is 14.1. The predicted molar refractivity (Wildman–Crippen MR) is 75.9 cm³/mol. The van der Waals surface area contributed by atoms with Gasteiger partial charge >= 0.3 is 0 Å². The molecule has 1 atom stereocenters. The van der Waals surface area contributed by atoms with Crippen LogP contribution < -0.4 is 4.72 Å². The summed E-state index contributed by atoms with van der Waals surface area (Å²) in [6.45, 7) is 0.321. The summed E-state index contributed by atoms with van der Waals surface area (Å²) in [6, 6.07) is 3.34. The van der Waals surface area contributed by atoms with E-state index in [1.54, 1.807) is 24.5 Å². The molecule has 0 saturated heterocycles. The van der Waals surface area contributed by atoms with Crippen molar-refractivity contribution in [3.63, 3.8) is 0 Å². The molecule has 0 aromatic carbocycles. The maximum atomic E-state index is 11.9. The van der Waals surface area contributed by atoms with Gasteiger partial charge in [0.2, 0.25) is 10.0 Å². The first-order chi connectivity index (χ1) is 9.07. The zero-order valence-electron chi connectivity index (χ0n) is 10.9. The Labute approximate surface area is 119 Å². The summed E-state index contributed by atoms with van der Waals surface area (Å²) in [5.74, 6) is 0.431. The van der Waals surface area contributed by atoms with Gasteiger partial charge in [0.1, 0.15) is 0 Å². The van der Waals surface area contributed by atoms with Gasteiger partial charge in [0.05, 0.1) is 12.4 Å². The van der Waals surface area contributed by atoms with Crippen LogP contribution in [-0.4, -0.2) is 44.8 Å². The maximum Gasteiger partial charge on any atom is 0.212 e. The van der Waals surface area contributed by atoms with E-state index in [-0.39, 0.29) is 11.8 Å². The van der Waals surface area contributed by atoms with Crippen molar-refractivity contribution >= 4 is 21.6 Å². The number of aromatic nitrogens is 1. The van der Waals surface area contributed by atoms with E-state index < -0.39 is 10.0 Å². The third-order valence-electron chi connectivity index (χ3n) is 2.58. The average molecular weight is 307 g/mol. The molecule has 0 aliphatic carbocycles. The minimum absolute atomic E-state index is 0.0412. The van der Waals surface area contributed by atoms with Gasteiger partial charge < -0.3 is 4.74 Å². The fourth-order valence-electron chi connectivity index (χ4n) is 1.62. The van der Waals surface area contributed by atoms with Crippen molar-refractivity contribution in [1.82, 2.24) is 9.71 Å². The monoisotopic (exact) mass is 306 g/mol. The van der Waals surface area contributed by atoms with Crippen molar-refractivity contribution in [1.29, 1.82) is 0 Å². The van der Waals surface area contributed by atoms with Crippen molar-refractivity contribution in [3.8, 4) is 0 Å². The van der Waals surface area contributed by atoms with E-state index in [0.717, 1.165) is 5.56 Å². The van der Waals surface area contributed by atoms with Crippen LogP contribution in [0.25, 0.3) is 0 Å². The zero-order valence-corrected chi connectivity index (χ0v) is 12.5. The average Bonchev–Trinajstić information content (AvgIpc) is 2.38. The van der Waals surface area contributed by atoms with Crippen LogP contribution in [0, 0.1) is 0 Å². The van der Waals surface area contributed by atoms with Gasteiger partial charge in [-0.05, 0) is 30.5 Å². The van der Waals surface area contributed by atoms with Crippen molar-refractivity contribution < 1.29 is 13.2 Å². The summed E-state index contributed by atoms with van der Waals surface area (Å²) < 4.78 is 31.5. The molecular weight excluding hydrogens is 288 g/mol. The number of aryl methyl sites for hydroxylation is 1. The predicted octanol–water partition coefficient (Wildman–Crippen LogP) is 1.19. The molecule has 7 heteroatoms. The molecule has 0 fully saturated rings. The third kappa shape index (κ3) is 6.87. The van der Waals surface area contributed by atoms with Crippen molar-refractivity contribution in [2.45, 2.75) is 18.9 Å². The summed E-state index contributed by atoms with van der Waals surface area (Å²) in [4.78, 5) is 3.89. The summed E-state index contributed by atoms with van der Waals surface area (Å²) in [6.07, 6.45) is 4.30. The second-order valence-electron chi connectivity index (χ2n) is 4.17. The largest absolute Gasteiger partial charge is 0.383 e. The molecule has 1 aromatic rings. The second kappa shape index (κ2) is 8.47. The first kappa shape index (κ1) is 16.4. The Hall–Kier alpha value is -0.690. The van der Waals surface area contributed by atoms with Crippen molar-refractivity contribution in [2.24, 2.45) is 0 Å². The summed E-state index contributed by atoms with van der Waals surface area (Å²) in [5.41, 5.74) is 0.945. The lowest BCUT2D eigenvalue weighted by atomic mass is 10.2. The number of hydrogen-bond acceptors (Lipinski definition) is 4. The quantitative estimate of drug-likeness (QED) is 0.696. The maximum absolute atomic E-state index is 11.9. The van der Waals surface area contributed by atoms with Crippen LogP contribution in [0.2, 0.25) is 0 Å². The van der Waals surface area contributed by atoms with Gasteiger partial charge in [-0.3, -0.25) is 4.98 Å². The first-order valence-corrected chi connectivity index (χ1v) is 8.20. The van der Waals surface area contributed by atoms with Crippen molar-refractivity contribution in [2.75, 3.05) is 25.3 Å². The van der Waals surface area contributed by atoms with E-state index in [2.05, 4.69) is 9.71 Å². The van der Waals surface area contributed by atoms with E-state index in [1.165, 1.54) is 7.11 Å². The van der Waals surface area contributed by atoms with Crippen LogP contribution >= 0.6 is 11.6 Å². The number of rotatable bonds is 9. The van der Waals surface area contributed by atoms with Crippen LogP contribution in [0.3, 0.4) is 0 Å².